The molecule has 0 aliphatic carbocycles. The van der Waals surface area contributed by atoms with E-state index in [1.165, 1.54) is 6.33 Å². The van der Waals surface area contributed by atoms with Gasteiger partial charge in [-0.25, -0.2) is 14.6 Å². The number of nitrogens with one attached hydrogen (secondary N) is 2. The molecular weight excluding hydrogens is 356 g/mol. The van der Waals surface area contributed by atoms with Gasteiger partial charge in [0.15, 0.2) is 5.82 Å². The van der Waals surface area contributed by atoms with Crippen molar-refractivity contribution in [3.8, 4) is 11.6 Å². The van der Waals surface area contributed by atoms with Crippen LogP contribution in [0.4, 0.5) is 5.82 Å². The summed E-state index contributed by atoms with van der Waals surface area (Å²) < 4.78 is 7.05. The normalized spacial score (nSPS) is 10.5. The fourth-order valence-electron chi connectivity index (χ4n) is 2.90. The lowest BCUT2D eigenvalue weighted by Gasteiger charge is -2.10. The molecule has 0 aliphatic heterocycles. The van der Waals surface area contributed by atoms with E-state index >= 15 is 0 Å². The Morgan fingerprint density at radius 3 is 2.71 bits per heavy atom. The summed E-state index contributed by atoms with van der Waals surface area (Å²) in [5.74, 6) is 2.03. The first-order valence-electron chi connectivity index (χ1n) is 9.05. The van der Waals surface area contributed by atoms with Crippen LogP contribution in [0.2, 0.25) is 0 Å². The van der Waals surface area contributed by atoms with Gasteiger partial charge in [-0.3, -0.25) is 4.79 Å². The first-order chi connectivity index (χ1) is 13.6. The molecule has 0 fully saturated rings. The minimum absolute atomic E-state index is 0.0580. The summed E-state index contributed by atoms with van der Waals surface area (Å²) >= 11 is 0. The molecule has 1 aromatic carbocycles. The number of carbonyl (C=O) groups excluding carboxylic acids is 1. The number of para-hydroxylation sites is 1. The first-order valence-corrected chi connectivity index (χ1v) is 9.05. The second-order valence-electron chi connectivity index (χ2n) is 6.37. The third-order valence-corrected chi connectivity index (χ3v) is 4.18. The van der Waals surface area contributed by atoms with Crippen LogP contribution in [0.3, 0.4) is 0 Å². The van der Waals surface area contributed by atoms with Crippen molar-refractivity contribution in [3.63, 3.8) is 0 Å². The quantitative estimate of drug-likeness (QED) is 0.581. The van der Waals surface area contributed by atoms with Crippen molar-refractivity contribution >= 4 is 11.7 Å². The summed E-state index contributed by atoms with van der Waals surface area (Å²) in [6.07, 6.45) is 1.77. The van der Waals surface area contributed by atoms with Gasteiger partial charge in [0, 0.05) is 30.4 Å². The van der Waals surface area contributed by atoms with E-state index in [2.05, 4.69) is 25.7 Å². The minimum Gasteiger partial charge on any atom is -0.496 e. The molecule has 0 bridgehead atoms. The van der Waals surface area contributed by atoms with Crippen LogP contribution in [0.25, 0.3) is 5.82 Å². The molecule has 0 saturated heterocycles. The second kappa shape index (κ2) is 8.98. The molecule has 0 radical (unpaired) electrons. The number of ether oxygens (including phenoxy) is 1. The van der Waals surface area contributed by atoms with Crippen LogP contribution in [0.5, 0.6) is 5.75 Å². The van der Waals surface area contributed by atoms with Gasteiger partial charge < -0.3 is 15.4 Å². The second-order valence-corrected chi connectivity index (χ2v) is 6.37. The van der Waals surface area contributed by atoms with Gasteiger partial charge in [-0.05, 0) is 26.0 Å². The van der Waals surface area contributed by atoms with Crippen molar-refractivity contribution in [2.24, 2.45) is 0 Å². The highest BCUT2D eigenvalue weighted by molar-refractivity contribution is 5.79. The molecule has 1 amide bonds. The Hall–Kier alpha value is -3.42. The number of rotatable bonds is 8. The van der Waals surface area contributed by atoms with Crippen molar-refractivity contribution in [1.82, 2.24) is 25.1 Å². The monoisotopic (exact) mass is 380 g/mol. The maximum atomic E-state index is 12.1. The van der Waals surface area contributed by atoms with Crippen LogP contribution < -0.4 is 15.4 Å². The first kappa shape index (κ1) is 19.3. The predicted molar refractivity (Wildman–Crippen MR) is 107 cm³/mol. The van der Waals surface area contributed by atoms with Gasteiger partial charge in [-0.15, -0.1) is 0 Å². The summed E-state index contributed by atoms with van der Waals surface area (Å²) in [7, 11) is 1.60. The molecule has 28 heavy (non-hydrogen) atoms. The summed E-state index contributed by atoms with van der Waals surface area (Å²) in [4.78, 5) is 20.6. The van der Waals surface area contributed by atoms with Crippen molar-refractivity contribution in [2.45, 2.75) is 20.3 Å². The van der Waals surface area contributed by atoms with E-state index in [0.717, 1.165) is 17.0 Å². The Labute approximate surface area is 164 Å². The Morgan fingerprint density at radius 2 is 1.96 bits per heavy atom. The molecule has 0 spiro atoms. The topological polar surface area (TPSA) is 94.0 Å². The summed E-state index contributed by atoms with van der Waals surface area (Å²) in [6.45, 7) is 4.95. The summed E-state index contributed by atoms with van der Waals surface area (Å²) in [6, 6.07) is 11.3. The number of nitrogens with zero attached hydrogens (tertiary/aromatic N) is 4. The molecule has 0 unspecified atom stereocenters. The fourth-order valence-corrected chi connectivity index (χ4v) is 2.90. The molecule has 8 nitrogen and oxygen atoms in total. The minimum atomic E-state index is -0.0580. The number of amides is 1. The highest BCUT2D eigenvalue weighted by Crippen LogP contribution is 2.17. The molecule has 8 heteroatoms. The van der Waals surface area contributed by atoms with E-state index in [1.807, 2.05) is 50.2 Å². The van der Waals surface area contributed by atoms with Crippen molar-refractivity contribution in [3.05, 3.63) is 59.7 Å². The number of hydrogen-bond acceptors (Lipinski definition) is 6. The van der Waals surface area contributed by atoms with Crippen LogP contribution >= 0.6 is 0 Å². The number of aryl methyl sites for hydroxylation is 2. The molecule has 3 rings (SSSR count). The predicted octanol–water partition coefficient (Wildman–Crippen LogP) is 2.06. The zero-order valence-electron chi connectivity index (χ0n) is 16.3. The van der Waals surface area contributed by atoms with Crippen molar-refractivity contribution < 1.29 is 9.53 Å². The van der Waals surface area contributed by atoms with E-state index in [-0.39, 0.29) is 12.3 Å². The number of benzene rings is 1. The third-order valence-electron chi connectivity index (χ3n) is 4.18. The molecule has 0 atom stereocenters. The molecule has 2 heterocycles. The molecule has 0 aliphatic rings. The average Bonchev–Trinajstić information content (AvgIpc) is 3.04. The zero-order valence-corrected chi connectivity index (χ0v) is 16.3. The van der Waals surface area contributed by atoms with Crippen molar-refractivity contribution in [2.75, 3.05) is 25.5 Å². The third kappa shape index (κ3) is 4.85. The lowest BCUT2D eigenvalue weighted by molar-refractivity contribution is -0.120. The zero-order chi connectivity index (χ0) is 19.9. The van der Waals surface area contributed by atoms with E-state index in [4.69, 9.17) is 4.74 Å². The Kier molecular flexibility index (Phi) is 6.21. The Morgan fingerprint density at radius 1 is 1.14 bits per heavy atom. The van der Waals surface area contributed by atoms with Gasteiger partial charge in [-0.2, -0.15) is 5.10 Å². The van der Waals surface area contributed by atoms with Gasteiger partial charge in [0.1, 0.15) is 17.9 Å². The van der Waals surface area contributed by atoms with Crippen LogP contribution in [0.15, 0.2) is 42.7 Å². The lowest BCUT2D eigenvalue weighted by Crippen LogP contribution is -2.30. The van der Waals surface area contributed by atoms with Gasteiger partial charge in [0.2, 0.25) is 5.91 Å². The van der Waals surface area contributed by atoms with Gasteiger partial charge in [-0.1, -0.05) is 18.2 Å². The smallest absolute Gasteiger partial charge is 0.224 e. The Balaban J connectivity index is 1.49. The van der Waals surface area contributed by atoms with E-state index in [0.29, 0.717) is 30.5 Å². The molecule has 146 valence electrons. The van der Waals surface area contributed by atoms with Crippen LogP contribution in [0.1, 0.15) is 17.0 Å². The molecule has 3 aromatic rings. The number of hydrogen-bond donors (Lipinski definition) is 2. The van der Waals surface area contributed by atoms with Gasteiger partial charge in [0.05, 0.1) is 19.2 Å². The Bertz CT molecular complexity index is 953. The lowest BCUT2D eigenvalue weighted by atomic mass is 10.1. The van der Waals surface area contributed by atoms with Crippen LogP contribution in [-0.2, 0) is 11.2 Å². The van der Waals surface area contributed by atoms with E-state index < -0.39 is 0 Å². The fraction of sp³-hybridized carbons (Fsp3) is 0.300. The average molecular weight is 380 g/mol. The molecule has 0 saturated carbocycles. The largest absolute Gasteiger partial charge is 0.496 e. The van der Waals surface area contributed by atoms with Gasteiger partial charge in [0.25, 0.3) is 0 Å². The van der Waals surface area contributed by atoms with Crippen LogP contribution in [0, 0.1) is 13.8 Å². The highest BCUT2D eigenvalue weighted by atomic mass is 16.5. The standard InChI is InChI=1S/C20H24N6O2/c1-14-10-15(2)26(25-14)19-12-18(23-13-24-19)21-8-9-22-20(27)11-16-6-4-5-7-17(16)28-3/h4-7,10,12-13H,8-9,11H2,1-3H3,(H,22,27)(H,21,23,24). The summed E-state index contributed by atoms with van der Waals surface area (Å²) in [5.41, 5.74) is 2.80. The van der Waals surface area contributed by atoms with E-state index in [1.54, 1.807) is 11.8 Å². The number of aromatic nitrogens is 4. The number of anilines is 1. The SMILES string of the molecule is COc1ccccc1CC(=O)NCCNc1cc(-n2nc(C)cc2C)ncn1. The number of carbonyl (C=O) groups is 1. The number of methoxy groups -OCH3 is 1. The maximum Gasteiger partial charge on any atom is 0.224 e. The molecular formula is C20H24N6O2. The highest BCUT2D eigenvalue weighted by Gasteiger charge is 2.08. The van der Waals surface area contributed by atoms with Crippen molar-refractivity contribution in [1.29, 1.82) is 0 Å². The molecule has 2 aromatic heterocycles. The molecule has 2 N–H and O–H groups in total. The maximum absolute atomic E-state index is 12.1. The van der Waals surface area contributed by atoms with Gasteiger partial charge >= 0.3 is 0 Å². The summed E-state index contributed by atoms with van der Waals surface area (Å²) in [5, 5.41) is 10.5. The van der Waals surface area contributed by atoms with E-state index in [9.17, 15) is 4.79 Å². The van der Waals surface area contributed by atoms with Crippen LogP contribution in [-0.4, -0.2) is 45.9 Å².